The Morgan fingerprint density at radius 2 is 1.90 bits per heavy atom. The highest BCUT2D eigenvalue weighted by Crippen LogP contribution is 2.34. The first-order valence-electron chi connectivity index (χ1n) is 7.12. The molecule has 0 fully saturated rings. The molecule has 0 aliphatic rings. The fourth-order valence-electron chi connectivity index (χ4n) is 1.93. The fourth-order valence-corrected chi connectivity index (χ4v) is 3.64. The maximum atomic E-state index is 3.62. The molecule has 0 aliphatic carbocycles. The van der Waals surface area contributed by atoms with Gasteiger partial charge in [0, 0.05) is 31.9 Å². The van der Waals surface area contributed by atoms with Gasteiger partial charge < -0.3 is 5.32 Å². The van der Waals surface area contributed by atoms with Gasteiger partial charge in [-0.1, -0.05) is 39.7 Å². The molecule has 1 N–H and O–H groups in total. The summed E-state index contributed by atoms with van der Waals surface area (Å²) in [6.45, 7) is 9.67. The molecule has 112 valence electrons. The van der Waals surface area contributed by atoms with Crippen LogP contribution >= 0.6 is 27.3 Å². The largest absolute Gasteiger partial charge is 0.308 e. The lowest BCUT2D eigenvalue weighted by Crippen LogP contribution is -2.36. The predicted molar refractivity (Wildman–Crippen MR) is 98.9 cm³/mol. The number of nitrogens with one attached hydrogen (secondary N) is 1. The van der Waals surface area contributed by atoms with Crippen molar-refractivity contribution in [2.45, 2.75) is 33.2 Å². The Morgan fingerprint density at radius 3 is 2.57 bits per heavy atom. The Labute approximate surface area is 140 Å². The minimum atomic E-state index is 0.157. The topological polar surface area (TPSA) is 12.0 Å². The van der Waals surface area contributed by atoms with E-state index in [9.17, 15) is 0 Å². The lowest BCUT2D eigenvalue weighted by atomic mass is 10.1. The molecule has 0 radical (unpaired) electrons. The third kappa shape index (κ3) is 5.10. The van der Waals surface area contributed by atoms with Crippen molar-refractivity contribution in [3.63, 3.8) is 0 Å². The van der Waals surface area contributed by atoms with Crippen LogP contribution in [0.5, 0.6) is 0 Å². The number of hydrogen-bond acceptors (Lipinski definition) is 2. The fraction of sp³-hybridized carbons (Fsp3) is 0.333. The van der Waals surface area contributed by atoms with Crippen LogP contribution in [-0.4, -0.2) is 12.1 Å². The minimum absolute atomic E-state index is 0.157. The predicted octanol–water partition coefficient (Wildman–Crippen LogP) is 5.97. The summed E-state index contributed by atoms with van der Waals surface area (Å²) in [5.74, 6) is 0. The Morgan fingerprint density at radius 1 is 1.19 bits per heavy atom. The second-order valence-electron chi connectivity index (χ2n) is 6.28. The Balaban J connectivity index is 2.12. The number of halogens is 1. The van der Waals surface area contributed by atoms with Gasteiger partial charge in [0.25, 0.3) is 0 Å². The van der Waals surface area contributed by atoms with E-state index in [1.165, 1.54) is 20.9 Å². The molecule has 0 atom stereocenters. The van der Waals surface area contributed by atoms with E-state index in [2.05, 4.69) is 85.3 Å². The van der Waals surface area contributed by atoms with Gasteiger partial charge in [0.2, 0.25) is 0 Å². The molecule has 1 heterocycles. The zero-order valence-corrected chi connectivity index (χ0v) is 15.4. The summed E-state index contributed by atoms with van der Waals surface area (Å²) < 4.78 is 1.15. The molecule has 0 aliphatic heterocycles. The number of rotatable bonds is 4. The molecule has 0 bridgehead atoms. The number of thiophene rings is 1. The lowest BCUT2D eigenvalue weighted by Gasteiger charge is -2.20. The zero-order chi connectivity index (χ0) is 15.5. The van der Waals surface area contributed by atoms with Crippen molar-refractivity contribution in [1.29, 1.82) is 0 Å². The summed E-state index contributed by atoms with van der Waals surface area (Å²) in [5, 5.41) is 3.52. The van der Waals surface area contributed by atoms with Gasteiger partial charge in [-0.05, 0) is 52.0 Å². The van der Waals surface area contributed by atoms with E-state index in [0.29, 0.717) is 0 Å². The molecule has 21 heavy (non-hydrogen) atoms. The van der Waals surface area contributed by atoms with Gasteiger partial charge in [0.15, 0.2) is 0 Å². The smallest absolute Gasteiger partial charge is 0.0360 e. The summed E-state index contributed by atoms with van der Waals surface area (Å²) in [6, 6.07) is 12.7. The normalized spacial score (nSPS) is 12.7. The summed E-state index contributed by atoms with van der Waals surface area (Å²) in [5.41, 5.74) is 2.77. The van der Waals surface area contributed by atoms with Crippen molar-refractivity contribution in [3.8, 4) is 10.4 Å². The Hall–Kier alpha value is -0.900. The van der Waals surface area contributed by atoms with Crippen LogP contribution < -0.4 is 5.32 Å². The first-order valence-corrected chi connectivity index (χ1v) is 8.73. The maximum Gasteiger partial charge on any atom is 0.0360 e. The SMILES string of the molecule is CC(=Cc1ccc(-c2ccccc2Br)s1)CNC(C)(C)C. The molecule has 2 rings (SSSR count). The highest BCUT2D eigenvalue weighted by molar-refractivity contribution is 9.10. The molecule has 1 nitrogen and oxygen atoms in total. The van der Waals surface area contributed by atoms with Crippen LogP contribution in [0.2, 0.25) is 0 Å². The first kappa shape index (κ1) is 16.5. The zero-order valence-electron chi connectivity index (χ0n) is 13.0. The van der Waals surface area contributed by atoms with Crippen molar-refractivity contribution >= 4 is 33.3 Å². The Bertz CT molecular complexity index is 635. The Kier molecular flexibility index (Phi) is 5.42. The third-order valence-corrected chi connectivity index (χ3v) is 4.81. The van der Waals surface area contributed by atoms with E-state index in [4.69, 9.17) is 0 Å². The van der Waals surface area contributed by atoms with Gasteiger partial charge >= 0.3 is 0 Å². The van der Waals surface area contributed by atoms with Gasteiger partial charge in [-0.2, -0.15) is 0 Å². The molecule has 0 unspecified atom stereocenters. The summed E-state index contributed by atoms with van der Waals surface area (Å²) >= 11 is 5.45. The number of benzene rings is 1. The second kappa shape index (κ2) is 6.91. The minimum Gasteiger partial charge on any atom is -0.308 e. The lowest BCUT2D eigenvalue weighted by molar-refractivity contribution is 0.445. The maximum absolute atomic E-state index is 3.62. The molecule has 1 aromatic carbocycles. The van der Waals surface area contributed by atoms with Crippen LogP contribution in [0.25, 0.3) is 16.5 Å². The van der Waals surface area contributed by atoms with Crippen LogP contribution in [0.3, 0.4) is 0 Å². The van der Waals surface area contributed by atoms with Crippen LogP contribution in [0.1, 0.15) is 32.6 Å². The van der Waals surface area contributed by atoms with E-state index >= 15 is 0 Å². The van der Waals surface area contributed by atoms with E-state index in [1.807, 2.05) is 17.4 Å². The summed E-state index contributed by atoms with van der Waals surface area (Å²) in [6.07, 6.45) is 2.27. The highest BCUT2D eigenvalue weighted by Gasteiger charge is 2.08. The molecule has 2 aromatic rings. The molecule has 1 aromatic heterocycles. The van der Waals surface area contributed by atoms with Crippen LogP contribution in [0.15, 0.2) is 46.4 Å². The summed E-state index contributed by atoms with van der Waals surface area (Å²) in [4.78, 5) is 2.60. The van der Waals surface area contributed by atoms with E-state index in [0.717, 1.165) is 11.0 Å². The average Bonchev–Trinajstić information content (AvgIpc) is 2.84. The first-order chi connectivity index (χ1) is 9.85. The van der Waals surface area contributed by atoms with E-state index < -0.39 is 0 Å². The van der Waals surface area contributed by atoms with Gasteiger partial charge in [0.05, 0.1) is 0 Å². The molecular formula is C18H22BrNS. The van der Waals surface area contributed by atoms with Crippen LogP contribution in [-0.2, 0) is 0 Å². The molecule has 0 spiro atoms. The van der Waals surface area contributed by atoms with Crippen molar-refractivity contribution in [2.24, 2.45) is 0 Å². The van der Waals surface area contributed by atoms with Gasteiger partial charge in [0.1, 0.15) is 0 Å². The standard InChI is InChI=1S/C18H22BrNS/c1-13(12-20-18(2,3)4)11-14-9-10-17(21-14)15-7-5-6-8-16(15)19/h5-11,20H,12H2,1-4H3. The van der Waals surface area contributed by atoms with E-state index in [1.54, 1.807) is 0 Å². The van der Waals surface area contributed by atoms with Crippen molar-refractivity contribution < 1.29 is 0 Å². The molecule has 0 saturated heterocycles. The van der Waals surface area contributed by atoms with Crippen LogP contribution in [0, 0.1) is 0 Å². The second-order valence-corrected chi connectivity index (χ2v) is 8.25. The van der Waals surface area contributed by atoms with Gasteiger partial charge in [-0.15, -0.1) is 11.3 Å². The molecule has 3 heteroatoms. The molecule has 0 amide bonds. The average molecular weight is 364 g/mol. The monoisotopic (exact) mass is 363 g/mol. The quantitative estimate of drug-likeness (QED) is 0.705. The van der Waals surface area contributed by atoms with Gasteiger partial charge in [-0.25, -0.2) is 0 Å². The van der Waals surface area contributed by atoms with Crippen LogP contribution in [0.4, 0.5) is 0 Å². The van der Waals surface area contributed by atoms with Gasteiger partial charge in [-0.3, -0.25) is 0 Å². The van der Waals surface area contributed by atoms with Crippen molar-refractivity contribution in [3.05, 3.63) is 51.3 Å². The van der Waals surface area contributed by atoms with Crippen molar-refractivity contribution in [1.82, 2.24) is 5.32 Å². The molecular weight excluding hydrogens is 342 g/mol. The van der Waals surface area contributed by atoms with Crippen molar-refractivity contribution in [2.75, 3.05) is 6.54 Å². The number of hydrogen-bond donors (Lipinski definition) is 1. The molecule has 0 saturated carbocycles. The van der Waals surface area contributed by atoms with E-state index in [-0.39, 0.29) is 5.54 Å². The summed E-state index contributed by atoms with van der Waals surface area (Å²) in [7, 11) is 0. The third-order valence-electron chi connectivity index (χ3n) is 3.05. The highest BCUT2D eigenvalue weighted by atomic mass is 79.9.